The monoisotopic (exact) mass is 262 g/mol. The van der Waals surface area contributed by atoms with E-state index < -0.39 is 0 Å². The van der Waals surface area contributed by atoms with Gasteiger partial charge in [0.2, 0.25) is 5.95 Å². The zero-order valence-electron chi connectivity index (χ0n) is 11.7. The SMILES string of the molecule is CC(C)NCc1cnc(N2CC3CCC(C2)O3)nc1. The van der Waals surface area contributed by atoms with Crippen LogP contribution < -0.4 is 10.2 Å². The average molecular weight is 262 g/mol. The summed E-state index contributed by atoms with van der Waals surface area (Å²) in [6.07, 6.45) is 6.97. The van der Waals surface area contributed by atoms with Crippen molar-refractivity contribution >= 4 is 5.95 Å². The Hall–Kier alpha value is -1.20. The highest BCUT2D eigenvalue weighted by molar-refractivity contribution is 5.32. The van der Waals surface area contributed by atoms with Gasteiger partial charge in [-0.3, -0.25) is 0 Å². The summed E-state index contributed by atoms with van der Waals surface area (Å²) in [5.74, 6) is 0.841. The van der Waals surface area contributed by atoms with Gasteiger partial charge < -0.3 is 15.0 Å². The number of hydrogen-bond donors (Lipinski definition) is 1. The topological polar surface area (TPSA) is 50.3 Å². The zero-order chi connectivity index (χ0) is 13.2. The highest BCUT2D eigenvalue weighted by Gasteiger charge is 2.34. The first-order chi connectivity index (χ1) is 9.20. The summed E-state index contributed by atoms with van der Waals surface area (Å²) in [7, 11) is 0. The third-order valence-corrected chi connectivity index (χ3v) is 3.73. The fourth-order valence-corrected chi connectivity index (χ4v) is 2.70. The molecule has 1 N–H and O–H groups in total. The largest absolute Gasteiger partial charge is 0.371 e. The first-order valence-electron chi connectivity index (χ1n) is 7.15. The molecule has 2 aliphatic rings. The van der Waals surface area contributed by atoms with Crippen molar-refractivity contribution in [2.45, 2.75) is 51.5 Å². The fourth-order valence-electron chi connectivity index (χ4n) is 2.70. The van der Waals surface area contributed by atoms with Crippen molar-refractivity contribution in [3.63, 3.8) is 0 Å². The van der Waals surface area contributed by atoms with Crippen molar-refractivity contribution in [3.8, 4) is 0 Å². The molecule has 3 rings (SSSR count). The van der Waals surface area contributed by atoms with E-state index in [1.54, 1.807) is 0 Å². The molecular formula is C14H22N4O. The Morgan fingerprint density at radius 3 is 2.47 bits per heavy atom. The van der Waals surface area contributed by atoms with Gasteiger partial charge in [0, 0.05) is 43.6 Å². The molecular weight excluding hydrogens is 240 g/mol. The number of aromatic nitrogens is 2. The lowest BCUT2D eigenvalue weighted by Crippen LogP contribution is -2.43. The summed E-state index contributed by atoms with van der Waals surface area (Å²) in [4.78, 5) is 11.2. The van der Waals surface area contributed by atoms with Gasteiger partial charge in [-0.1, -0.05) is 13.8 Å². The molecule has 2 atom stereocenters. The van der Waals surface area contributed by atoms with Crippen LogP contribution in [0.4, 0.5) is 5.95 Å². The predicted molar refractivity (Wildman–Crippen MR) is 74.1 cm³/mol. The average Bonchev–Trinajstić information content (AvgIpc) is 2.76. The number of nitrogens with zero attached hydrogens (tertiary/aromatic N) is 3. The molecule has 1 aromatic heterocycles. The maximum absolute atomic E-state index is 5.83. The van der Waals surface area contributed by atoms with Crippen LogP contribution in [0, 0.1) is 0 Å². The van der Waals surface area contributed by atoms with E-state index in [4.69, 9.17) is 4.74 Å². The summed E-state index contributed by atoms with van der Waals surface area (Å²) in [5, 5.41) is 3.37. The second kappa shape index (κ2) is 5.43. The maximum Gasteiger partial charge on any atom is 0.225 e. The van der Waals surface area contributed by atoms with E-state index in [1.165, 1.54) is 12.8 Å². The molecule has 104 valence electrons. The third-order valence-electron chi connectivity index (χ3n) is 3.73. The molecule has 2 unspecified atom stereocenters. The van der Waals surface area contributed by atoms with Crippen molar-refractivity contribution in [2.24, 2.45) is 0 Å². The first-order valence-corrected chi connectivity index (χ1v) is 7.15. The minimum atomic E-state index is 0.379. The molecule has 0 radical (unpaired) electrons. The van der Waals surface area contributed by atoms with Gasteiger partial charge in [-0.25, -0.2) is 9.97 Å². The van der Waals surface area contributed by atoms with Crippen molar-refractivity contribution in [3.05, 3.63) is 18.0 Å². The van der Waals surface area contributed by atoms with Gasteiger partial charge in [-0.2, -0.15) is 0 Å². The van der Waals surface area contributed by atoms with Crippen LogP contribution in [0.25, 0.3) is 0 Å². The zero-order valence-corrected chi connectivity index (χ0v) is 11.7. The minimum Gasteiger partial charge on any atom is -0.371 e. The molecule has 0 aliphatic carbocycles. The van der Waals surface area contributed by atoms with Crippen molar-refractivity contribution in [1.29, 1.82) is 0 Å². The quantitative estimate of drug-likeness (QED) is 0.887. The van der Waals surface area contributed by atoms with Crippen LogP contribution in [-0.4, -0.2) is 41.3 Å². The second-order valence-electron chi connectivity index (χ2n) is 5.79. The molecule has 1 aromatic rings. The number of hydrogen-bond acceptors (Lipinski definition) is 5. The standard InChI is InChI=1S/C14H22N4O/c1-10(2)15-5-11-6-16-14(17-7-11)18-8-12-3-4-13(9-18)19-12/h6-7,10,12-13,15H,3-5,8-9H2,1-2H3. The molecule has 0 aromatic carbocycles. The molecule has 2 saturated heterocycles. The molecule has 2 aliphatic heterocycles. The van der Waals surface area contributed by atoms with Crippen LogP contribution >= 0.6 is 0 Å². The van der Waals surface area contributed by atoms with E-state index in [1.807, 2.05) is 12.4 Å². The molecule has 2 bridgehead atoms. The summed E-state index contributed by atoms with van der Waals surface area (Å²) in [6, 6.07) is 0.481. The number of morpholine rings is 1. The summed E-state index contributed by atoms with van der Waals surface area (Å²) >= 11 is 0. The van der Waals surface area contributed by atoms with Gasteiger partial charge in [0.15, 0.2) is 0 Å². The Morgan fingerprint density at radius 2 is 1.89 bits per heavy atom. The van der Waals surface area contributed by atoms with Gasteiger partial charge >= 0.3 is 0 Å². The molecule has 0 spiro atoms. The summed E-state index contributed by atoms with van der Waals surface area (Å²) in [5.41, 5.74) is 1.13. The van der Waals surface area contributed by atoms with E-state index in [2.05, 4.69) is 34.0 Å². The predicted octanol–water partition coefficient (Wildman–Crippen LogP) is 1.34. The Kier molecular flexibility index (Phi) is 3.66. The Bertz CT molecular complexity index is 408. The van der Waals surface area contributed by atoms with Crippen LogP contribution in [0.2, 0.25) is 0 Å². The molecule has 2 fully saturated rings. The lowest BCUT2D eigenvalue weighted by atomic mass is 10.2. The second-order valence-corrected chi connectivity index (χ2v) is 5.79. The van der Waals surface area contributed by atoms with Crippen molar-refractivity contribution in [2.75, 3.05) is 18.0 Å². The van der Waals surface area contributed by atoms with Crippen molar-refractivity contribution < 1.29 is 4.74 Å². The van der Waals surface area contributed by atoms with E-state index in [0.29, 0.717) is 18.2 Å². The lowest BCUT2D eigenvalue weighted by Gasteiger charge is -2.32. The normalized spacial score (nSPS) is 26.2. The third kappa shape index (κ3) is 3.04. The van der Waals surface area contributed by atoms with Crippen LogP contribution in [0.1, 0.15) is 32.3 Å². The van der Waals surface area contributed by atoms with Crippen LogP contribution in [0.5, 0.6) is 0 Å². The Labute approximate surface area is 114 Å². The number of anilines is 1. The number of ether oxygens (including phenoxy) is 1. The molecule has 19 heavy (non-hydrogen) atoms. The first kappa shape index (κ1) is 12.8. The van der Waals surface area contributed by atoms with Gasteiger partial charge in [0.05, 0.1) is 12.2 Å². The van der Waals surface area contributed by atoms with Crippen LogP contribution in [0.15, 0.2) is 12.4 Å². The highest BCUT2D eigenvalue weighted by atomic mass is 16.5. The van der Waals surface area contributed by atoms with Gasteiger partial charge in [0.25, 0.3) is 0 Å². The molecule has 0 saturated carbocycles. The Balaban J connectivity index is 1.62. The van der Waals surface area contributed by atoms with Crippen LogP contribution in [0.3, 0.4) is 0 Å². The van der Waals surface area contributed by atoms with Gasteiger partial charge in [-0.15, -0.1) is 0 Å². The van der Waals surface area contributed by atoms with Crippen molar-refractivity contribution in [1.82, 2.24) is 15.3 Å². The Morgan fingerprint density at radius 1 is 1.26 bits per heavy atom. The number of rotatable bonds is 4. The van der Waals surface area contributed by atoms with E-state index in [9.17, 15) is 0 Å². The van der Waals surface area contributed by atoms with E-state index >= 15 is 0 Å². The minimum absolute atomic E-state index is 0.379. The summed E-state index contributed by atoms with van der Waals surface area (Å²) < 4.78 is 5.83. The molecule has 5 nitrogen and oxygen atoms in total. The fraction of sp³-hybridized carbons (Fsp3) is 0.714. The number of nitrogens with one attached hydrogen (secondary N) is 1. The van der Waals surface area contributed by atoms with Crippen LogP contribution in [-0.2, 0) is 11.3 Å². The van der Waals surface area contributed by atoms with E-state index in [0.717, 1.165) is 31.1 Å². The van der Waals surface area contributed by atoms with E-state index in [-0.39, 0.29) is 0 Å². The molecule has 0 amide bonds. The molecule has 5 heteroatoms. The van der Waals surface area contributed by atoms with Gasteiger partial charge in [0.1, 0.15) is 0 Å². The molecule has 3 heterocycles. The number of fused-ring (bicyclic) bond motifs is 2. The highest BCUT2D eigenvalue weighted by Crippen LogP contribution is 2.27. The summed E-state index contributed by atoms with van der Waals surface area (Å²) in [6.45, 7) is 6.96. The van der Waals surface area contributed by atoms with Gasteiger partial charge in [-0.05, 0) is 12.8 Å². The maximum atomic E-state index is 5.83. The lowest BCUT2D eigenvalue weighted by molar-refractivity contribution is 0.0299. The smallest absolute Gasteiger partial charge is 0.225 e.